The molecule has 5 nitrogen and oxygen atoms in total. The molecular weight excluding hydrogens is 419 g/mol. The van der Waals surface area contributed by atoms with Gasteiger partial charge in [-0.2, -0.15) is 0 Å². The van der Waals surface area contributed by atoms with Crippen molar-refractivity contribution in [3.05, 3.63) is 88.2 Å². The lowest BCUT2D eigenvalue weighted by Gasteiger charge is -2.18. The predicted octanol–water partition coefficient (Wildman–Crippen LogP) is 5.75. The van der Waals surface area contributed by atoms with Crippen LogP contribution in [0.2, 0.25) is 5.02 Å². The number of benzene rings is 3. The standard InChI is InChI=1S/C24H22ClFN2O3/c1-14-6-4-7-15(2)22(14)31-16(3)23(29)27-18-9-5-8-17(12-18)24(30)28-19-10-11-21(26)20(25)13-19/h4-13,16H,1-3H3,(H,27,29)(H,28,30). The van der Waals surface area contributed by atoms with Gasteiger partial charge in [0.05, 0.1) is 5.02 Å². The van der Waals surface area contributed by atoms with Crippen molar-refractivity contribution in [2.75, 3.05) is 10.6 Å². The van der Waals surface area contributed by atoms with Crippen molar-refractivity contribution in [3.63, 3.8) is 0 Å². The minimum atomic E-state index is -0.737. The maximum atomic E-state index is 13.3. The summed E-state index contributed by atoms with van der Waals surface area (Å²) >= 11 is 5.75. The van der Waals surface area contributed by atoms with Crippen LogP contribution in [0, 0.1) is 19.7 Å². The number of para-hydroxylation sites is 1. The number of nitrogens with one attached hydrogen (secondary N) is 2. The number of carbonyl (C=O) groups excluding carboxylic acids is 2. The fourth-order valence-electron chi connectivity index (χ4n) is 2.97. The first-order valence-corrected chi connectivity index (χ1v) is 10.0. The summed E-state index contributed by atoms with van der Waals surface area (Å²) in [5.41, 5.74) is 3.02. The summed E-state index contributed by atoms with van der Waals surface area (Å²) in [4.78, 5) is 25.1. The van der Waals surface area contributed by atoms with Gasteiger partial charge in [0.2, 0.25) is 0 Å². The van der Waals surface area contributed by atoms with E-state index in [4.69, 9.17) is 16.3 Å². The van der Waals surface area contributed by atoms with E-state index in [1.807, 2.05) is 32.0 Å². The Hall–Kier alpha value is -3.38. The number of carbonyl (C=O) groups is 2. The molecule has 0 aliphatic rings. The molecule has 1 unspecified atom stereocenters. The molecule has 0 saturated carbocycles. The highest BCUT2D eigenvalue weighted by Crippen LogP contribution is 2.24. The van der Waals surface area contributed by atoms with E-state index in [1.54, 1.807) is 31.2 Å². The third kappa shape index (κ3) is 5.61. The molecule has 0 radical (unpaired) electrons. The molecule has 2 amide bonds. The topological polar surface area (TPSA) is 67.4 Å². The zero-order chi connectivity index (χ0) is 22.5. The first-order valence-electron chi connectivity index (χ1n) is 9.65. The van der Waals surface area contributed by atoms with E-state index >= 15 is 0 Å². The van der Waals surface area contributed by atoms with Crippen LogP contribution in [0.3, 0.4) is 0 Å². The molecule has 31 heavy (non-hydrogen) atoms. The zero-order valence-corrected chi connectivity index (χ0v) is 18.1. The third-order valence-corrected chi connectivity index (χ3v) is 4.93. The van der Waals surface area contributed by atoms with Crippen LogP contribution in [0.25, 0.3) is 0 Å². The number of rotatable bonds is 6. The van der Waals surface area contributed by atoms with E-state index in [-0.39, 0.29) is 10.9 Å². The number of anilines is 2. The van der Waals surface area contributed by atoms with Crippen molar-refractivity contribution in [1.82, 2.24) is 0 Å². The van der Waals surface area contributed by atoms with Gasteiger partial charge in [0.1, 0.15) is 11.6 Å². The summed E-state index contributed by atoms with van der Waals surface area (Å²) in [7, 11) is 0. The van der Waals surface area contributed by atoms with Gasteiger partial charge in [0.15, 0.2) is 6.10 Å². The Labute approximate surface area is 185 Å². The highest BCUT2D eigenvalue weighted by Gasteiger charge is 2.18. The molecule has 0 heterocycles. The molecule has 3 rings (SSSR count). The van der Waals surface area contributed by atoms with Crippen LogP contribution in [0.1, 0.15) is 28.4 Å². The van der Waals surface area contributed by atoms with E-state index in [0.717, 1.165) is 11.1 Å². The van der Waals surface area contributed by atoms with Gasteiger partial charge in [-0.05, 0) is 68.3 Å². The third-order valence-electron chi connectivity index (χ3n) is 4.64. The Morgan fingerprint density at radius 1 is 0.935 bits per heavy atom. The van der Waals surface area contributed by atoms with Crippen molar-refractivity contribution >= 4 is 34.8 Å². The number of halogens is 2. The predicted molar refractivity (Wildman–Crippen MR) is 120 cm³/mol. The maximum Gasteiger partial charge on any atom is 0.265 e. The van der Waals surface area contributed by atoms with Gasteiger partial charge in [-0.1, -0.05) is 35.9 Å². The molecule has 0 bridgehead atoms. The van der Waals surface area contributed by atoms with Crippen molar-refractivity contribution < 1.29 is 18.7 Å². The molecule has 0 aliphatic heterocycles. The molecule has 0 aliphatic carbocycles. The van der Waals surface area contributed by atoms with Crippen molar-refractivity contribution in [3.8, 4) is 5.75 Å². The van der Waals surface area contributed by atoms with Crippen LogP contribution in [-0.4, -0.2) is 17.9 Å². The van der Waals surface area contributed by atoms with Crippen LogP contribution in [0.5, 0.6) is 5.75 Å². The lowest BCUT2D eigenvalue weighted by Crippen LogP contribution is -2.30. The summed E-state index contributed by atoms with van der Waals surface area (Å²) in [5.74, 6) is -0.651. The highest BCUT2D eigenvalue weighted by atomic mass is 35.5. The largest absolute Gasteiger partial charge is 0.480 e. The molecule has 3 aromatic carbocycles. The SMILES string of the molecule is Cc1cccc(C)c1OC(C)C(=O)Nc1cccc(C(=O)Nc2ccc(F)c(Cl)c2)c1. The summed E-state index contributed by atoms with van der Waals surface area (Å²) in [5, 5.41) is 5.32. The zero-order valence-electron chi connectivity index (χ0n) is 17.3. The van der Waals surface area contributed by atoms with Crippen LogP contribution < -0.4 is 15.4 Å². The molecule has 1 atom stereocenters. The van der Waals surface area contributed by atoms with Crippen LogP contribution in [0.4, 0.5) is 15.8 Å². The second kappa shape index (κ2) is 9.62. The Morgan fingerprint density at radius 3 is 2.26 bits per heavy atom. The molecule has 0 spiro atoms. The summed E-state index contributed by atoms with van der Waals surface area (Å²) in [6.07, 6.45) is -0.737. The molecule has 3 aromatic rings. The summed E-state index contributed by atoms with van der Waals surface area (Å²) < 4.78 is 19.1. The minimum absolute atomic E-state index is 0.0864. The van der Waals surface area contributed by atoms with Gasteiger partial charge < -0.3 is 15.4 Å². The molecule has 7 heteroatoms. The molecular formula is C24H22ClFN2O3. The first kappa shape index (κ1) is 22.3. The molecule has 160 valence electrons. The van der Waals surface area contributed by atoms with Gasteiger partial charge in [-0.25, -0.2) is 4.39 Å². The molecule has 0 fully saturated rings. The number of hydrogen-bond donors (Lipinski definition) is 2. The Balaban J connectivity index is 1.67. The van der Waals surface area contributed by atoms with E-state index < -0.39 is 17.8 Å². The second-order valence-electron chi connectivity index (χ2n) is 7.13. The fourth-order valence-corrected chi connectivity index (χ4v) is 3.16. The Kier molecular flexibility index (Phi) is 6.92. The fraction of sp³-hybridized carbons (Fsp3) is 0.167. The van der Waals surface area contributed by atoms with Gasteiger partial charge in [0, 0.05) is 16.9 Å². The van der Waals surface area contributed by atoms with E-state index in [1.165, 1.54) is 18.2 Å². The second-order valence-corrected chi connectivity index (χ2v) is 7.54. The van der Waals surface area contributed by atoms with Crippen molar-refractivity contribution in [1.29, 1.82) is 0 Å². The first-order chi connectivity index (χ1) is 14.7. The average molecular weight is 441 g/mol. The molecule has 2 N–H and O–H groups in total. The van der Waals surface area contributed by atoms with Crippen molar-refractivity contribution in [2.45, 2.75) is 26.9 Å². The van der Waals surface area contributed by atoms with Crippen molar-refractivity contribution in [2.24, 2.45) is 0 Å². The van der Waals surface area contributed by atoms with Crippen LogP contribution in [0.15, 0.2) is 60.7 Å². The lowest BCUT2D eigenvalue weighted by molar-refractivity contribution is -0.122. The van der Waals surface area contributed by atoms with Gasteiger partial charge in [-0.15, -0.1) is 0 Å². The number of amides is 2. The number of aryl methyl sites for hydroxylation is 2. The Morgan fingerprint density at radius 2 is 1.58 bits per heavy atom. The number of ether oxygens (including phenoxy) is 1. The van der Waals surface area contributed by atoms with Crippen LogP contribution in [-0.2, 0) is 4.79 Å². The van der Waals surface area contributed by atoms with Crippen LogP contribution >= 0.6 is 11.6 Å². The Bertz CT molecular complexity index is 1110. The quantitative estimate of drug-likeness (QED) is 0.512. The molecule has 0 saturated heterocycles. The highest BCUT2D eigenvalue weighted by molar-refractivity contribution is 6.31. The lowest BCUT2D eigenvalue weighted by atomic mass is 10.1. The average Bonchev–Trinajstić information content (AvgIpc) is 2.73. The monoisotopic (exact) mass is 440 g/mol. The van der Waals surface area contributed by atoms with Gasteiger partial charge >= 0.3 is 0 Å². The van der Waals surface area contributed by atoms with Gasteiger partial charge in [0.25, 0.3) is 11.8 Å². The van der Waals surface area contributed by atoms with Gasteiger partial charge in [-0.3, -0.25) is 9.59 Å². The summed E-state index contributed by atoms with van der Waals surface area (Å²) in [6, 6.07) is 16.2. The number of hydrogen-bond acceptors (Lipinski definition) is 3. The molecule has 0 aromatic heterocycles. The normalized spacial score (nSPS) is 11.5. The summed E-state index contributed by atoms with van der Waals surface area (Å²) in [6.45, 7) is 5.50. The van der Waals surface area contributed by atoms with E-state index in [0.29, 0.717) is 22.7 Å². The minimum Gasteiger partial charge on any atom is -0.480 e. The van der Waals surface area contributed by atoms with E-state index in [9.17, 15) is 14.0 Å². The smallest absolute Gasteiger partial charge is 0.265 e. The van der Waals surface area contributed by atoms with E-state index in [2.05, 4.69) is 10.6 Å². The maximum absolute atomic E-state index is 13.3.